The summed E-state index contributed by atoms with van der Waals surface area (Å²) < 4.78 is 43.1. The second-order valence-corrected chi connectivity index (χ2v) is 6.35. The number of alkyl halides is 3. The molecule has 0 bridgehead atoms. The molecule has 144 valence electrons. The summed E-state index contributed by atoms with van der Waals surface area (Å²) in [5.41, 5.74) is -0.281. The van der Waals surface area contributed by atoms with Gasteiger partial charge in [-0.05, 0) is 30.3 Å². The van der Waals surface area contributed by atoms with Crippen LogP contribution >= 0.6 is 11.8 Å². The summed E-state index contributed by atoms with van der Waals surface area (Å²) in [6.07, 6.45) is -4.48. The number of amides is 2. The Bertz CT molecular complexity index is 812. The third kappa shape index (κ3) is 6.52. The van der Waals surface area contributed by atoms with Gasteiger partial charge in [-0.15, -0.1) is 11.8 Å². The Morgan fingerprint density at radius 1 is 1.00 bits per heavy atom. The van der Waals surface area contributed by atoms with Crippen LogP contribution in [-0.2, 0) is 15.8 Å². The third-order valence-electron chi connectivity index (χ3n) is 3.32. The fourth-order valence-corrected chi connectivity index (χ4v) is 2.76. The van der Waals surface area contributed by atoms with E-state index in [1.54, 1.807) is 24.3 Å². The van der Waals surface area contributed by atoms with Gasteiger partial charge in [-0.3, -0.25) is 9.59 Å². The Kier molecular flexibility index (Phi) is 7.12. The summed E-state index contributed by atoms with van der Waals surface area (Å²) in [5, 5.41) is 5.05. The first-order chi connectivity index (χ1) is 12.8. The highest BCUT2D eigenvalue weighted by Gasteiger charge is 2.30. The molecule has 2 N–H and O–H groups in total. The average molecular weight is 398 g/mol. The summed E-state index contributed by atoms with van der Waals surface area (Å²) >= 11 is 1.04. The Morgan fingerprint density at radius 3 is 2.33 bits per heavy atom. The molecule has 5 nitrogen and oxygen atoms in total. The van der Waals surface area contributed by atoms with Crippen molar-refractivity contribution in [2.75, 3.05) is 29.2 Å². The molecule has 0 aromatic heterocycles. The predicted octanol–water partition coefficient (Wildman–Crippen LogP) is 4.02. The molecule has 0 aliphatic heterocycles. The molecule has 0 unspecified atom stereocenters. The number of rotatable bonds is 7. The maximum Gasteiger partial charge on any atom is 0.416 e. The first-order valence-electron chi connectivity index (χ1n) is 7.77. The first-order valence-corrected chi connectivity index (χ1v) is 8.93. The maximum absolute atomic E-state index is 12.7. The minimum Gasteiger partial charge on any atom is -0.495 e. The number of para-hydroxylation sites is 2. The van der Waals surface area contributed by atoms with Gasteiger partial charge < -0.3 is 15.4 Å². The van der Waals surface area contributed by atoms with Crippen LogP contribution in [0, 0.1) is 0 Å². The van der Waals surface area contributed by atoms with Gasteiger partial charge in [0.1, 0.15) is 5.75 Å². The number of hydrogen-bond acceptors (Lipinski definition) is 4. The van der Waals surface area contributed by atoms with Crippen LogP contribution < -0.4 is 15.4 Å². The highest BCUT2D eigenvalue weighted by atomic mass is 32.2. The molecule has 27 heavy (non-hydrogen) atoms. The summed E-state index contributed by atoms with van der Waals surface area (Å²) in [5.74, 6) is -0.372. The zero-order valence-corrected chi connectivity index (χ0v) is 15.1. The lowest BCUT2D eigenvalue weighted by Gasteiger charge is -2.10. The van der Waals surface area contributed by atoms with Crippen molar-refractivity contribution < 1.29 is 27.5 Å². The van der Waals surface area contributed by atoms with Crippen molar-refractivity contribution in [1.29, 1.82) is 0 Å². The van der Waals surface area contributed by atoms with Crippen LogP contribution in [0.5, 0.6) is 5.75 Å². The van der Waals surface area contributed by atoms with Crippen molar-refractivity contribution in [3.05, 3.63) is 54.1 Å². The van der Waals surface area contributed by atoms with Crippen LogP contribution in [0.3, 0.4) is 0 Å². The van der Waals surface area contributed by atoms with Gasteiger partial charge in [-0.25, -0.2) is 0 Å². The van der Waals surface area contributed by atoms with Gasteiger partial charge in [0.15, 0.2) is 0 Å². The van der Waals surface area contributed by atoms with Crippen LogP contribution in [0.15, 0.2) is 48.5 Å². The lowest BCUT2D eigenvalue weighted by Crippen LogP contribution is -2.19. The zero-order valence-electron chi connectivity index (χ0n) is 14.3. The van der Waals surface area contributed by atoms with E-state index in [2.05, 4.69) is 10.6 Å². The highest BCUT2D eigenvalue weighted by Crippen LogP contribution is 2.30. The van der Waals surface area contributed by atoms with E-state index in [4.69, 9.17) is 4.74 Å². The second-order valence-electron chi connectivity index (χ2n) is 5.37. The van der Waals surface area contributed by atoms with Gasteiger partial charge in [0.05, 0.1) is 29.9 Å². The normalized spacial score (nSPS) is 11.0. The van der Waals surface area contributed by atoms with Gasteiger partial charge in [-0.2, -0.15) is 13.2 Å². The Morgan fingerprint density at radius 2 is 1.67 bits per heavy atom. The Hall–Kier alpha value is -2.68. The minimum absolute atomic E-state index is 0.00800. The molecular weight excluding hydrogens is 381 g/mol. The largest absolute Gasteiger partial charge is 0.495 e. The quantitative estimate of drug-likeness (QED) is 0.739. The fraction of sp³-hybridized carbons (Fsp3) is 0.222. The molecular formula is C18H17F3N2O3S. The monoisotopic (exact) mass is 398 g/mol. The SMILES string of the molecule is COc1ccccc1NC(=O)CSCC(=O)Nc1cccc(C(F)(F)F)c1. The number of ether oxygens (including phenoxy) is 1. The Labute approximate surface area is 158 Å². The van der Waals surface area contributed by atoms with E-state index in [-0.39, 0.29) is 23.1 Å². The fourth-order valence-electron chi connectivity index (χ4n) is 2.14. The first kappa shape index (κ1) is 20.6. The van der Waals surface area contributed by atoms with Gasteiger partial charge in [0.2, 0.25) is 11.8 Å². The number of halogens is 3. The van der Waals surface area contributed by atoms with Crippen LogP contribution in [0.1, 0.15) is 5.56 Å². The molecule has 0 atom stereocenters. The van der Waals surface area contributed by atoms with Gasteiger partial charge in [0.25, 0.3) is 0 Å². The number of carbonyl (C=O) groups is 2. The van der Waals surface area contributed by atoms with Crippen LogP contribution in [0.4, 0.5) is 24.5 Å². The second kappa shape index (κ2) is 9.31. The van der Waals surface area contributed by atoms with E-state index in [0.717, 1.165) is 23.9 Å². The molecule has 0 fully saturated rings. The van der Waals surface area contributed by atoms with Crippen molar-refractivity contribution >= 4 is 35.0 Å². The van der Waals surface area contributed by atoms with Crippen molar-refractivity contribution in [3.8, 4) is 5.75 Å². The highest BCUT2D eigenvalue weighted by molar-refractivity contribution is 8.00. The van der Waals surface area contributed by atoms with E-state index < -0.39 is 17.6 Å². The number of methoxy groups -OCH3 is 1. The Balaban J connectivity index is 1.80. The van der Waals surface area contributed by atoms with E-state index in [9.17, 15) is 22.8 Å². The molecule has 0 heterocycles. The van der Waals surface area contributed by atoms with Crippen LogP contribution in [-0.4, -0.2) is 30.4 Å². The molecule has 0 aliphatic rings. The number of hydrogen-bond donors (Lipinski definition) is 2. The van der Waals surface area contributed by atoms with E-state index in [1.807, 2.05) is 0 Å². The summed E-state index contributed by atoms with van der Waals surface area (Å²) in [7, 11) is 1.48. The lowest BCUT2D eigenvalue weighted by molar-refractivity contribution is -0.137. The lowest BCUT2D eigenvalue weighted by atomic mass is 10.2. The number of nitrogens with one attached hydrogen (secondary N) is 2. The molecule has 2 amide bonds. The molecule has 0 radical (unpaired) electrons. The number of carbonyl (C=O) groups excluding carboxylic acids is 2. The molecule has 0 saturated heterocycles. The molecule has 0 saturated carbocycles. The molecule has 2 aromatic rings. The minimum atomic E-state index is -4.48. The van der Waals surface area contributed by atoms with Crippen LogP contribution in [0.25, 0.3) is 0 Å². The molecule has 0 spiro atoms. The van der Waals surface area contributed by atoms with Crippen LogP contribution in [0.2, 0.25) is 0 Å². The summed E-state index contributed by atoms with van der Waals surface area (Å²) in [6.45, 7) is 0. The maximum atomic E-state index is 12.7. The zero-order chi connectivity index (χ0) is 19.9. The standard InChI is InChI=1S/C18H17F3N2O3S/c1-26-15-8-3-2-7-14(15)23-17(25)11-27-10-16(24)22-13-6-4-5-12(9-13)18(19,20)21/h2-9H,10-11H2,1H3,(H,22,24)(H,23,25). The average Bonchev–Trinajstić information content (AvgIpc) is 2.61. The van der Waals surface area contributed by atoms with Gasteiger partial charge >= 0.3 is 6.18 Å². The van der Waals surface area contributed by atoms with E-state index >= 15 is 0 Å². The topological polar surface area (TPSA) is 67.4 Å². The van der Waals surface area contributed by atoms with Crippen molar-refractivity contribution in [1.82, 2.24) is 0 Å². The van der Waals surface area contributed by atoms with E-state index in [1.165, 1.54) is 19.2 Å². The number of benzene rings is 2. The van der Waals surface area contributed by atoms with Crippen molar-refractivity contribution in [2.45, 2.75) is 6.18 Å². The predicted molar refractivity (Wildman–Crippen MR) is 99.0 cm³/mol. The number of anilines is 2. The van der Waals surface area contributed by atoms with Gasteiger partial charge in [-0.1, -0.05) is 18.2 Å². The smallest absolute Gasteiger partial charge is 0.416 e. The third-order valence-corrected chi connectivity index (χ3v) is 4.25. The molecule has 2 rings (SSSR count). The molecule has 2 aromatic carbocycles. The van der Waals surface area contributed by atoms with Crippen molar-refractivity contribution in [3.63, 3.8) is 0 Å². The summed E-state index contributed by atoms with van der Waals surface area (Å²) in [6, 6.07) is 11.3. The van der Waals surface area contributed by atoms with Crippen molar-refractivity contribution in [2.24, 2.45) is 0 Å². The molecule has 0 aliphatic carbocycles. The number of thioether (sulfide) groups is 1. The van der Waals surface area contributed by atoms with Gasteiger partial charge in [0, 0.05) is 5.69 Å². The molecule has 9 heteroatoms. The van der Waals surface area contributed by atoms with E-state index in [0.29, 0.717) is 11.4 Å². The summed E-state index contributed by atoms with van der Waals surface area (Å²) in [4.78, 5) is 23.8.